The van der Waals surface area contributed by atoms with Crippen molar-refractivity contribution in [1.29, 1.82) is 0 Å². The molecule has 0 spiro atoms. The smallest absolute Gasteiger partial charge is 0.161 e. The Hall–Kier alpha value is -0.920. The van der Waals surface area contributed by atoms with Crippen molar-refractivity contribution in [3.63, 3.8) is 0 Å². The zero-order valence-corrected chi connectivity index (χ0v) is 16.7. The molecule has 138 valence electrons. The number of fused-ring (bicyclic) bond motifs is 5. The molecule has 25 heavy (non-hydrogen) atoms. The number of rotatable bonds is 1. The predicted octanol–water partition coefficient (Wildman–Crippen LogP) is 5.36. The molecule has 0 N–H and O–H groups in total. The van der Waals surface area contributed by atoms with Gasteiger partial charge in [0.25, 0.3) is 0 Å². The predicted molar refractivity (Wildman–Crippen MR) is 100 cm³/mol. The summed E-state index contributed by atoms with van der Waals surface area (Å²) >= 11 is 0. The fourth-order valence-corrected chi connectivity index (χ4v) is 7.84. The van der Waals surface area contributed by atoms with Crippen LogP contribution in [-0.4, -0.2) is 11.6 Å². The van der Waals surface area contributed by atoms with Crippen LogP contribution in [0.25, 0.3) is 0 Å². The molecule has 0 aromatic rings. The van der Waals surface area contributed by atoms with E-state index in [1.807, 2.05) is 13.0 Å². The van der Waals surface area contributed by atoms with Crippen LogP contribution in [0.4, 0.5) is 0 Å². The minimum atomic E-state index is -0.224. The largest absolute Gasteiger partial charge is 0.300 e. The maximum Gasteiger partial charge on any atom is 0.161 e. The van der Waals surface area contributed by atoms with Crippen LogP contribution in [0.2, 0.25) is 0 Å². The minimum absolute atomic E-state index is 0.190. The van der Waals surface area contributed by atoms with E-state index in [0.717, 1.165) is 25.2 Å². The van der Waals surface area contributed by atoms with Crippen molar-refractivity contribution >= 4 is 11.6 Å². The molecule has 4 rings (SSSR count). The van der Waals surface area contributed by atoms with Gasteiger partial charge in [0, 0.05) is 11.3 Å². The van der Waals surface area contributed by atoms with Crippen molar-refractivity contribution in [2.45, 2.75) is 79.6 Å². The van der Waals surface area contributed by atoms with Gasteiger partial charge in [0.05, 0.1) is 0 Å². The Morgan fingerprint density at radius 1 is 1.04 bits per heavy atom. The molecule has 0 amide bonds. The van der Waals surface area contributed by atoms with Crippen LogP contribution < -0.4 is 0 Å². The van der Waals surface area contributed by atoms with Crippen LogP contribution >= 0.6 is 0 Å². The molecule has 0 aromatic heterocycles. The van der Waals surface area contributed by atoms with Crippen molar-refractivity contribution < 1.29 is 9.59 Å². The van der Waals surface area contributed by atoms with E-state index >= 15 is 0 Å². The maximum absolute atomic E-state index is 12.5. The average molecular weight is 343 g/mol. The van der Waals surface area contributed by atoms with Crippen molar-refractivity contribution in [3.05, 3.63) is 11.6 Å². The first-order valence-electron chi connectivity index (χ1n) is 10.4. The molecule has 4 aliphatic rings. The Kier molecular flexibility index (Phi) is 3.71. The molecular weight excluding hydrogens is 308 g/mol. The third kappa shape index (κ3) is 2.28. The number of hydrogen-bond acceptors (Lipinski definition) is 2. The molecule has 3 fully saturated rings. The van der Waals surface area contributed by atoms with E-state index in [-0.39, 0.29) is 22.2 Å². The van der Waals surface area contributed by atoms with E-state index in [1.165, 1.54) is 31.3 Å². The van der Waals surface area contributed by atoms with Crippen molar-refractivity contribution in [2.24, 2.45) is 39.9 Å². The number of carbonyl (C=O) groups is 2. The van der Waals surface area contributed by atoms with Crippen LogP contribution in [0.1, 0.15) is 79.6 Å². The summed E-state index contributed by atoms with van der Waals surface area (Å²) < 4.78 is 0. The molecule has 0 aliphatic heterocycles. The zero-order chi connectivity index (χ0) is 18.2. The van der Waals surface area contributed by atoms with Gasteiger partial charge in [-0.2, -0.15) is 0 Å². The Morgan fingerprint density at radius 2 is 1.76 bits per heavy atom. The lowest BCUT2D eigenvalue weighted by Crippen LogP contribution is -2.53. The highest BCUT2D eigenvalue weighted by Gasteiger charge is 2.60. The van der Waals surface area contributed by atoms with E-state index in [4.69, 9.17) is 0 Å². The van der Waals surface area contributed by atoms with Gasteiger partial charge < -0.3 is 0 Å². The molecule has 4 aliphatic carbocycles. The molecule has 6 unspecified atom stereocenters. The SMILES string of the molecule is CC(=O)C1CCC2C3CCC4=CC(=O)C(C)(C)CC4(C)C3CCC12C. The molecule has 0 bridgehead atoms. The van der Waals surface area contributed by atoms with Crippen molar-refractivity contribution in [2.75, 3.05) is 0 Å². The molecule has 6 atom stereocenters. The van der Waals surface area contributed by atoms with Gasteiger partial charge in [-0.1, -0.05) is 33.3 Å². The summed E-state index contributed by atoms with van der Waals surface area (Å²) in [7, 11) is 0. The molecule has 0 heterocycles. The highest BCUT2D eigenvalue weighted by Crippen LogP contribution is 2.67. The Bertz CT molecular complexity index is 657. The van der Waals surface area contributed by atoms with Gasteiger partial charge >= 0.3 is 0 Å². The Balaban J connectivity index is 1.69. The number of allylic oxidation sites excluding steroid dienone is 1. The van der Waals surface area contributed by atoms with E-state index < -0.39 is 0 Å². The average Bonchev–Trinajstić information content (AvgIpc) is 2.86. The summed E-state index contributed by atoms with van der Waals surface area (Å²) in [6.07, 6.45) is 10.1. The van der Waals surface area contributed by atoms with Crippen LogP contribution in [0.3, 0.4) is 0 Å². The summed E-state index contributed by atoms with van der Waals surface area (Å²) in [5, 5.41) is 0. The van der Waals surface area contributed by atoms with Crippen LogP contribution in [0.5, 0.6) is 0 Å². The highest BCUT2D eigenvalue weighted by molar-refractivity contribution is 5.96. The Labute approximate surface area is 152 Å². The minimum Gasteiger partial charge on any atom is -0.300 e. The molecule has 0 saturated heterocycles. The van der Waals surface area contributed by atoms with Gasteiger partial charge in [0.15, 0.2) is 5.78 Å². The van der Waals surface area contributed by atoms with E-state index in [1.54, 1.807) is 0 Å². The van der Waals surface area contributed by atoms with Gasteiger partial charge in [0.2, 0.25) is 0 Å². The lowest BCUT2D eigenvalue weighted by atomic mass is 9.45. The van der Waals surface area contributed by atoms with Crippen LogP contribution in [0, 0.1) is 39.9 Å². The molecule has 0 radical (unpaired) electrons. The molecular formula is C23H34O2. The molecule has 2 heteroatoms. The summed E-state index contributed by atoms with van der Waals surface area (Å²) in [4.78, 5) is 24.7. The van der Waals surface area contributed by atoms with Gasteiger partial charge in [-0.25, -0.2) is 0 Å². The van der Waals surface area contributed by atoms with E-state index in [0.29, 0.717) is 23.4 Å². The normalized spacial score (nSPS) is 48.2. The topological polar surface area (TPSA) is 34.1 Å². The molecule has 0 aromatic carbocycles. The quantitative estimate of drug-likeness (QED) is 0.643. The third-order valence-corrected chi connectivity index (χ3v) is 9.01. The second kappa shape index (κ2) is 5.30. The number of Topliss-reactive ketones (excluding diaryl/α,β-unsaturated/α-hetero) is 1. The van der Waals surface area contributed by atoms with Crippen molar-refractivity contribution in [1.82, 2.24) is 0 Å². The highest BCUT2D eigenvalue weighted by atomic mass is 16.1. The standard InChI is InChI=1S/C23H34O2/c1-14(24)17-8-9-18-16-7-6-15-12-20(25)21(2,3)13-23(15,5)19(16)10-11-22(17,18)4/h12,16-19H,6-11,13H2,1-5H3. The van der Waals surface area contributed by atoms with Crippen LogP contribution in [-0.2, 0) is 9.59 Å². The van der Waals surface area contributed by atoms with Gasteiger partial charge in [-0.3, -0.25) is 9.59 Å². The number of hydrogen-bond donors (Lipinski definition) is 0. The second-order valence-electron chi connectivity index (χ2n) is 10.7. The van der Waals surface area contributed by atoms with Gasteiger partial charge in [-0.15, -0.1) is 0 Å². The van der Waals surface area contributed by atoms with Crippen LogP contribution in [0.15, 0.2) is 11.6 Å². The third-order valence-electron chi connectivity index (χ3n) is 9.01. The van der Waals surface area contributed by atoms with Gasteiger partial charge in [0.1, 0.15) is 5.78 Å². The van der Waals surface area contributed by atoms with E-state index in [9.17, 15) is 9.59 Å². The van der Waals surface area contributed by atoms with Gasteiger partial charge in [-0.05, 0) is 86.5 Å². The number of ketones is 2. The first-order valence-corrected chi connectivity index (χ1v) is 10.4. The zero-order valence-electron chi connectivity index (χ0n) is 16.7. The Morgan fingerprint density at radius 3 is 2.44 bits per heavy atom. The molecule has 3 saturated carbocycles. The van der Waals surface area contributed by atoms with E-state index in [2.05, 4.69) is 27.7 Å². The lowest BCUT2D eigenvalue weighted by Gasteiger charge is -2.59. The summed E-state index contributed by atoms with van der Waals surface area (Å²) in [5.74, 6) is 3.18. The summed E-state index contributed by atoms with van der Waals surface area (Å²) in [6.45, 7) is 10.9. The second-order valence-corrected chi connectivity index (χ2v) is 10.7. The van der Waals surface area contributed by atoms with Crippen molar-refractivity contribution in [3.8, 4) is 0 Å². The summed E-state index contributed by atoms with van der Waals surface area (Å²) in [5.41, 5.74) is 1.63. The number of carbonyl (C=O) groups excluding carboxylic acids is 2. The first kappa shape index (κ1) is 17.5. The maximum atomic E-state index is 12.5. The summed E-state index contributed by atoms with van der Waals surface area (Å²) in [6, 6.07) is 0. The lowest BCUT2D eigenvalue weighted by molar-refractivity contribution is -0.132. The monoisotopic (exact) mass is 342 g/mol. The first-order chi connectivity index (χ1) is 11.6. The fraction of sp³-hybridized carbons (Fsp3) is 0.826. The fourth-order valence-electron chi connectivity index (χ4n) is 7.84. The molecule has 2 nitrogen and oxygen atoms in total.